The van der Waals surface area contributed by atoms with Gasteiger partial charge in [-0.1, -0.05) is 13.8 Å². The molecular weight excluding hydrogens is 204 g/mol. The molecule has 4 heteroatoms. The van der Waals surface area contributed by atoms with E-state index >= 15 is 0 Å². The van der Waals surface area contributed by atoms with Crippen LogP contribution in [0.15, 0.2) is 6.20 Å². The molecule has 0 radical (unpaired) electrons. The van der Waals surface area contributed by atoms with Crippen LogP contribution < -0.4 is 0 Å². The zero-order chi connectivity index (χ0) is 12.1. The highest BCUT2D eigenvalue weighted by atomic mass is 16.4. The van der Waals surface area contributed by atoms with E-state index in [1.807, 2.05) is 10.9 Å². The fourth-order valence-electron chi connectivity index (χ4n) is 1.80. The SMILES string of the molecule is CCn1ncc(CCC(=O)O)c1CC(C)C. The number of hydrogen-bond acceptors (Lipinski definition) is 2. The van der Waals surface area contributed by atoms with Crippen molar-refractivity contribution in [1.82, 2.24) is 9.78 Å². The Morgan fingerprint density at radius 2 is 2.25 bits per heavy atom. The lowest BCUT2D eigenvalue weighted by molar-refractivity contribution is -0.136. The first-order chi connectivity index (χ1) is 7.54. The number of carboxylic acid groups (broad SMARTS) is 1. The molecule has 16 heavy (non-hydrogen) atoms. The summed E-state index contributed by atoms with van der Waals surface area (Å²) in [5.74, 6) is -0.190. The highest BCUT2D eigenvalue weighted by Gasteiger charge is 2.12. The van der Waals surface area contributed by atoms with Crippen molar-refractivity contribution in [3.05, 3.63) is 17.5 Å². The Morgan fingerprint density at radius 3 is 2.75 bits per heavy atom. The summed E-state index contributed by atoms with van der Waals surface area (Å²) in [7, 11) is 0. The molecule has 1 N–H and O–H groups in total. The first-order valence-corrected chi connectivity index (χ1v) is 5.80. The van der Waals surface area contributed by atoms with Crippen LogP contribution in [0.5, 0.6) is 0 Å². The predicted molar refractivity (Wildman–Crippen MR) is 62.4 cm³/mol. The van der Waals surface area contributed by atoms with Gasteiger partial charge in [0.2, 0.25) is 0 Å². The van der Waals surface area contributed by atoms with Crippen molar-refractivity contribution in [3.63, 3.8) is 0 Å². The minimum absolute atomic E-state index is 0.181. The summed E-state index contributed by atoms with van der Waals surface area (Å²) in [6.45, 7) is 7.22. The number of carbonyl (C=O) groups is 1. The molecule has 0 aliphatic rings. The van der Waals surface area contributed by atoms with E-state index in [-0.39, 0.29) is 6.42 Å². The average molecular weight is 224 g/mol. The van der Waals surface area contributed by atoms with Crippen LogP contribution in [0, 0.1) is 5.92 Å². The van der Waals surface area contributed by atoms with E-state index in [2.05, 4.69) is 25.9 Å². The summed E-state index contributed by atoms with van der Waals surface area (Å²) in [6.07, 6.45) is 3.53. The number of aryl methyl sites for hydroxylation is 2. The second-order valence-corrected chi connectivity index (χ2v) is 4.42. The molecule has 90 valence electrons. The third kappa shape index (κ3) is 3.36. The summed E-state index contributed by atoms with van der Waals surface area (Å²) in [4.78, 5) is 10.6. The fraction of sp³-hybridized carbons (Fsp3) is 0.667. The van der Waals surface area contributed by atoms with E-state index < -0.39 is 5.97 Å². The molecule has 0 atom stereocenters. The lowest BCUT2D eigenvalue weighted by atomic mass is 10.0. The topological polar surface area (TPSA) is 55.1 Å². The molecule has 0 fully saturated rings. The number of aliphatic carboxylic acids is 1. The third-order valence-corrected chi connectivity index (χ3v) is 2.54. The molecule has 0 unspecified atom stereocenters. The molecule has 1 rings (SSSR count). The van der Waals surface area contributed by atoms with Gasteiger partial charge >= 0.3 is 5.97 Å². The Bertz CT molecular complexity index is 356. The van der Waals surface area contributed by atoms with Gasteiger partial charge < -0.3 is 5.11 Å². The fourth-order valence-corrected chi connectivity index (χ4v) is 1.80. The molecule has 0 amide bonds. The largest absolute Gasteiger partial charge is 0.481 e. The first kappa shape index (κ1) is 12.7. The summed E-state index contributed by atoms with van der Waals surface area (Å²) >= 11 is 0. The van der Waals surface area contributed by atoms with Gasteiger partial charge in [0.1, 0.15) is 0 Å². The van der Waals surface area contributed by atoms with Crippen molar-refractivity contribution in [2.24, 2.45) is 5.92 Å². The van der Waals surface area contributed by atoms with Crippen molar-refractivity contribution in [1.29, 1.82) is 0 Å². The quantitative estimate of drug-likeness (QED) is 0.805. The molecular formula is C12H20N2O2. The van der Waals surface area contributed by atoms with E-state index in [0.717, 1.165) is 18.5 Å². The maximum Gasteiger partial charge on any atom is 0.303 e. The molecule has 0 aromatic carbocycles. The molecule has 0 aliphatic carbocycles. The van der Waals surface area contributed by atoms with Gasteiger partial charge in [-0.05, 0) is 31.2 Å². The van der Waals surface area contributed by atoms with Crippen LogP contribution in [0.2, 0.25) is 0 Å². The van der Waals surface area contributed by atoms with Crippen molar-refractivity contribution in [3.8, 4) is 0 Å². The average Bonchev–Trinajstić information content (AvgIpc) is 2.56. The summed E-state index contributed by atoms with van der Waals surface area (Å²) < 4.78 is 1.97. The second-order valence-electron chi connectivity index (χ2n) is 4.42. The van der Waals surface area contributed by atoms with Gasteiger partial charge in [0, 0.05) is 18.7 Å². The van der Waals surface area contributed by atoms with Gasteiger partial charge in [0.05, 0.1) is 6.20 Å². The number of aromatic nitrogens is 2. The van der Waals surface area contributed by atoms with Gasteiger partial charge in [-0.2, -0.15) is 5.10 Å². The Kier molecular flexibility index (Phi) is 4.52. The lowest BCUT2D eigenvalue weighted by Gasteiger charge is -2.09. The maximum absolute atomic E-state index is 10.6. The van der Waals surface area contributed by atoms with Gasteiger partial charge in [-0.15, -0.1) is 0 Å². The van der Waals surface area contributed by atoms with Crippen molar-refractivity contribution in [2.75, 3.05) is 0 Å². The van der Waals surface area contributed by atoms with E-state index in [9.17, 15) is 4.79 Å². The standard InChI is InChI=1S/C12H20N2O2/c1-4-14-11(7-9(2)3)10(8-13-14)5-6-12(15)16/h8-9H,4-7H2,1-3H3,(H,15,16). The molecule has 0 bridgehead atoms. The van der Waals surface area contributed by atoms with E-state index in [4.69, 9.17) is 5.11 Å². The zero-order valence-corrected chi connectivity index (χ0v) is 10.2. The number of nitrogens with zero attached hydrogens (tertiary/aromatic N) is 2. The van der Waals surface area contributed by atoms with E-state index in [1.165, 1.54) is 5.69 Å². The number of hydrogen-bond donors (Lipinski definition) is 1. The summed E-state index contributed by atoms with van der Waals surface area (Å²) in [5, 5.41) is 13.0. The van der Waals surface area contributed by atoms with Crippen molar-refractivity contribution < 1.29 is 9.90 Å². The highest BCUT2D eigenvalue weighted by Crippen LogP contribution is 2.15. The molecule has 0 aliphatic heterocycles. The van der Waals surface area contributed by atoms with Crippen LogP contribution in [-0.4, -0.2) is 20.9 Å². The van der Waals surface area contributed by atoms with Crippen molar-refractivity contribution >= 4 is 5.97 Å². The van der Waals surface area contributed by atoms with Crippen LogP contribution >= 0.6 is 0 Å². The minimum atomic E-state index is -0.750. The highest BCUT2D eigenvalue weighted by molar-refractivity contribution is 5.67. The molecule has 1 aromatic rings. The maximum atomic E-state index is 10.6. The monoisotopic (exact) mass is 224 g/mol. The molecule has 1 aromatic heterocycles. The van der Waals surface area contributed by atoms with Gasteiger partial charge in [0.25, 0.3) is 0 Å². The van der Waals surface area contributed by atoms with Crippen LogP contribution in [-0.2, 0) is 24.2 Å². The van der Waals surface area contributed by atoms with Gasteiger partial charge in [-0.3, -0.25) is 9.48 Å². The van der Waals surface area contributed by atoms with E-state index in [0.29, 0.717) is 12.3 Å². The Balaban J connectivity index is 2.82. The molecule has 0 saturated heterocycles. The molecule has 0 spiro atoms. The van der Waals surface area contributed by atoms with E-state index in [1.54, 1.807) is 0 Å². The Labute approximate surface area is 96.3 Å². The predicted octanol–water partition coefficient (Wildman–Crippen LogP) is 2.12. The van der Waals surface area contributed by atoms with Crippen molar-refractivity contribution in [2.45, 2.75) is 46.6 Å². The van der Waals surface area contributed by atoms with Gasteiger partial charge in [-0.25, -0.2) is 0 Å². The Hall–Kier alpha value is -1.32. The molecule has 1 heterocycles. The number of carboxylic acids is 1. The van der Waals surface area contributed by atoms with Crippen LogP contribution in [0.1, 0.15) is 38.4 Å². The first-order valence-electron chi connectivity index (χ1n) is 5.80. The normalized spacial score (nSPS) is 11.0. The Morgan fingerprint density at radius 1 is 1.56 bits per heavy atom. The smallest absolute Gasteiger partial charge is 0.303 e. The third-order valence-electron chi connectivity index (χ3n) is 2.54. The lowest BCUT2D eigenvalue weighted by Crippen LogP contribution is -2.08. The van der Waals surface area contributed by atoms with Crippen LogP contribution in [0.25, 0.3) is 0 Å². The van der Waals surface area contributed by atoms with Crippen LogP contribution in [0.3, 0.4) is 0 Å². The van der Waals surface area contributed by atoms with Crippen LogP contribution in [0.4, 0.5) is 0 Å². The molecule has 0 saturated carbocycles. The van der Waals surface area contributed by atoms with Gasteiger partial charge in [0.15, 0.2) is 0 Å². The second kappa shape index (κ2) is 5.68. The molecule has 4 nitrogen and oxygen atoms in total. The minimum Gasteiger partial charge on any atom is -0.481 e. The number of rotatable bonds is 6. The zero-order valence-electron chi connectivity index (χ0n) is 10.2. The summed E-state index contributed by atoms with van der Waals surface area (Å²) in [5.41, 5.74) is 2.27. The summed E-state index contributed by atoms with van der Waals surface area (Å²) in [6, 6.07) is 0.